The summed E-state index contributed by atoms with van der Waals surface area (Å²) in [6, 6.07) is 8.77. The molecule has 0 aliphatic heterocycles. The van der Waals surface area contributed by atoms with Crippen molar-refractivity contribution in [2.75, 3.05) is 21.1 Å². The predicted molar refractivity (Wildman–Crippen MR) is 83.8 cm³/mol. The number of aromatic nitrogens is 2. The Kier molecular flexibility index (Phi) is 4.75. The SMILES string of the molecule is CNC(=O)Cn1cc(-c2cccc([C@H](C)N(C)C)c2)cn1. The minimum Gasteiger partial charge on any atom is -0.358 e. The highest BCUT2D eigenvalue weighted by atomic mass is 16.1. The van der Waals surface area contributed by atoms with Gasteiger partial charge in [-0.15, -0.1) is 0 Å². The van der Waals surface area contributed by atoms with Crippen LogP contribution in [0, 0.1) is 0 Å². The van der Waals surface area contributed by atoms with Crippen molar-refractivity contribution >= 4 is 5.91 Å². The summed E-state index contributed by atoms with van der Waals surface area (Å²) in [6.45, 7) is 2.42. The average Bonchev–Trinajstić information content (AvgIpc) is 2.94. The first-order valence-electron chi connectivity index (χ1n) is 7.01. The van der Waals surface area contributed by atoms with Crippen LogP contribution in [0.25, 0.3) is 11.1 Å². The number of hydrogen-bond donors (Lipinski definition) is 1. The molecular formula is C16H22N4O. The summed E-state index contributed by atoms with van der Waals surface area (Å²) in [5.74, 6) is -0.0559. The van der Waals surface area contributed by atoms with E-state index in [1.165, 1.54) is 5.56 Å². The quantitative estimate of drug-likeness (QED) is 0.913. The zero-order chi connectivity index (χ0) is 15.4. The van der Waals surface area contributed by atoms with Crippen molar-refractivity contribution in [1.82, 2.24) is 20.0 Å². The molecule has 0 unspecified atom stereocenters. The van der Waals surface area contributed by atoms with Gasteiger partial charge < -0.3 is 10.2 Å². The third-order valence-corrected chi connectivity index (χ3v) is 3.69. The first kappa shape index (κ1) is 15.3. The van der Waals surface area contributed by atoms with Crippen LogP contribution < -0.4 is 5.32 Å². The van der Waals surface area contributed by atoms with Gasteiger partial charge in [0.15, 0.2) is 0 Å². The standard InChI is InChI=1S/C16H22N4O/c1-12(19(3)4)13-6-5-7-14(8-13)15-9-18-20(10-15)11-16(21)17-2/h5-10,12H,11H2,1-4H3,(H,17,21)/t12-/m0/s1. The Morgan fingerprint density at radius 1 is 1.38 bits per heavy atom. The van der Waals surface area contributed by atoms with Crippen LogP contribution in [0.2, 0.25) is 0 Å². The Hall–Kier alpha value is -2.14. The molecule has 5 nitrogen and oxygen atoms in total. The molecule has 1 aromatic heterocycles. The minimum absolute atomic E-state index is 0.0559. The van der Waals surface area contributed by atoms with E-state index in [1.54, 1.807) is 17.9 Å². The maximum atomic E-state index is 11.4. The fourth-order valence-electron chi connectivity index (χ4n) is 2.10. The average molecular weight is 286 g/mol. The molecule has 2 rings (SSSR count). The van der Waals surface area contributed by atoms with Crippen molar-refractivity contribution in [2.24, 2.45) is 0 Å². The molecule has 1 aromatic carbocycles. The van der Waals surface area contributed by atoms with E-state index in [0.29, 0.717) is 6.04 Å². The topological polar surface area (TPSA) is 50.2 Å². The van der Waals surface area contributed by atoms with E-state index in [0.717, 1.165) is 11.1 Å². The van der Waals surface area contributed by atoms with Crippen molar-refractivity contribution in [3.63, 3.8) is 0 Å². The summed E-state index contributed by atoms with van der Waals surface area (Å²) in [5.41, 5.74) is 3.40. The maximum Gasteiger partial charge on any atom is 0.241 e. The molecule has 112 valence electrons. The number of benzene rings is 1. The largest absolute Gasteiger partial charge is 0.358 e. The van der Waals surface area contributed by atoms with Gasteiger partial charge in [-0.25, -0.2) is 0 Å². The summed E-state index contributed by atoms with van der Waals surface area (Å²) in [7, 11) is 5.76. The molecule has 0 bridgehead atoms. The predicted octanol–water partition coefficient (Wildman–Crippen LogP) is 1.92. The first-order chi connectivity index (χ1) is 10.0. The molecule has 0 saturated carbocycles. The minimum atomic E-state index is -0.0559. The molecule has 0 fully saturated rings. The van der Waals surface area contributed by atoms with Gasteiger partial charge in [0.25, 0.3) is 0 Å². The van der Waals surface area contributed by atoms with Crippen LogP contribution in [0.4, 0.5) is 0 Å². The summed E-state index contributed by atoms with van der Waals surface area (Å²) in [6.07, 6.45) is 3.69. The van der Waals surface area contributed by atoms with Crippen molar-refractivity contribution in [1.29, 1.82) is 0 Å². The second kappa shape index (κ2) is 6.54. The molecule has 1 atom stereocenters. The van der Waals surface area contributed by atoms with Gasteiger partial charge in [-0.3, -0.25) is 9.48 Å². The smallest absolute Gasteiger partial charge is 0.241 e. The second-order valence-corrected chi connectivity index (χ2v) is 5.36. The fourth-order valence-corrected chi connectivity index (χ4v) is 2.10. The van der Waals surface area contributed by atoms with Crippen LogP contribution in [-0.4, -0.2) is 41.7 Å². The third-order valence-electron chi connectivity index (χ3n) is 3.69. The number of amides is 1. The molecular weight excluding hydrogens is 264 g/mol. The fraction of sp³-hybridized carbons (Fsp3) is 0.375. The number of nitrogens with zero attached hydrogens (tertiary/aromatic N) is 3. The zero-order valence-corrected chi connectivity index (χ0v) is 13.0. The van der Waals surface area contributed by atoms with Gasteiger partial charge in [0.1, 0.15) is 6.54 Å². The normalized spacial score (nSPS) is 12.4. The molecule has 0 aliphatic carbocycles. The number of carbonyl (C=O) groups excluding carboxylic acids is 1. The lowest BCUT2D eigenvalue weighted by atomic mass is 10.0. The number of carbonyl (C=O) groups is 1. The summed E-state index contributed by atoms with van der Waals surface area (Å²) >= 11 is 0. The highest BCUT2D eigenvalue weighted by Crippen LogP contribution is 2.24. The van der Waals surface area contributed by atoms with E-state index in [2.05, 4.69) is 60.6 Å². The van der Waals surface area contributed by atoms with Crippen LogP contribution in [0.1, 0.15) is 18.5 Å². The molecule has 21 heavy (non-hydrogen) atoms. The Morgan fingerprint density at radius 3 is 2.81 bits per heavy atom. The Bertz CT molecular complexity index is 618. The van der Waals surface area contributed by atoms with E-state index < -0.39 is 0 Å². The van der Waals surface area contributed by atoms with Crippen LogP contribution in [0.3, 0.4) is 0 Å². The van der Waals surface area contributed by atoms with E-state index in [-0.39, 0.29) is 12.5 Å². The van der Waals surface area contributed by atoms with Crippen LogP contribution >= 0.6 is 0 Å². The zero-order valence-electron chi connectivity index (χ0n) is 13.0. The molecule has 0 radical (unpaired) electrons. The Balaban J connectivity index is 2.22. The monoisotopic (exact) mass is 286 g/mol. The number of likely N-dealkylation sites (N-methyl/N-ethyl adjacent to an activating group) is 1. The highest BCUT2D eigenvalue weighted by Gasteiger charge is 2.10. The van der Waals surface area contributed by atoms with E-state index >= 15 is 0 Å². The lowest BCUT2D eigenvalue weighted by Gasteiger charge is -2.20. The van der Waals surface area contributed by atoms with Gasteiger partial charge in [0.2, 0.25) is 5.91 Å². The van der Waals surface area contributed by atoms with Crippen LogP contribution in [-0.2, 0) is 11.3 Å². The number of nitrogens with one attached hydrogen (secondary N) is 1. The number of hydrogen-bond acceptors (Lipinski definition) is 3. The molecule has 5 heteroatoms. The molecule has 0 aliphatic rings. The third kappa shape index (κ3) is 3.70. The second-order valence-electron chi connectivity index (χ2n) is 5.36. The summed E-state index contributed by atoms with van der Waals surface area (Å²) in [4.78, 5) is 13.5. The maximum absolute atomic E-state index is 11.4. The Morgan fingerprint density at radius 2 is 2.14 bits per heavy atom. The summed E-state index contributed by atoms with van der Waals surface area (Å²) < 4.78 is 1.65. The van der Waals surface area contributed by atoms with Crippen molar-refractivity contribution in [3.05, 3.63) is 42.2 Å². The Labute approximate surface area is 125 Å². The first-order valence-corrected chi connectivity index (χ1v) is 7.01. The number of rotatable bonds is 5. The van der Waals surface area contributed by atoms with Crippen molar-refractivity contribution in [3.8, 4) is 11.1 Å². The lowest BCUT2D eigenvalue weighted by Crippen LogP contribution is -2.23. The van der Waals surface area contributed by atoms with Crippen LogP contribution in [0.15, 0.2) is 36.7 Å². The van der Waals surface area contributed by atoms with Crippen LogP contribution in [0.5, 0.6) is 0 Å². The van der Waals surface area contributed by atoms with Gasteiger partial charge in [-0.1, -0.05) is 18.2 Å². The van der Waals surface area contributed by atoms with E-state index in [4.69, 9.17) is 0 Å². The molecule has 0 saturated heterocycles. The highest BCUT2D eigenvalue weighted by molar-refractivity contribution is 5.75. The van der Waals surface area contributed by atoms with Crippen molar-refractivity contribution in [2.45, 2.75) is 19.5 Å². The van der Waals surface area contributed by atoms with Gasteiger partial charge in [0, 0.05) is 24.8 Å². The van der Waals surface area contributed by atoms with E-state index in [9.17, 15) is 4.79 Å². The van der Waals surface area contributed by atoms with E-state index in [1.807, 2.05) is 6.20 Å². The molecule has 1 heterocycles. The van der Waals surface area contributed by atoms with Gasteiger partial charge in [-0.2, -0.15) is 5.10 Å². The summed E-state index contributed by atoms with van der Waals surface area (Å²) in [5, 5.41) is 6.83. The van der Waals surface area contributed by atoms with Gasteiger partial charge >= 0.3 is 0 Å². The molecule has 1 N–H and O–H groups in total. The van der Waals surface area contributed by atoms with Crippen molar-refractivity contribution < 1.29 is 4.79 Å². The van der Waals surface area contributed by atoms with Gasteiger partial charge in [-0.05, 0) is 38.2 Å². The van der Waals surface area contributed by atoms with Gasteiger partial charge in [0.05, 0.1) is 6.20 Å². The lowest BCUT2D eigenvalue weighted by molar-refractivity contribution is -0.121. The molecule has 1 amide bonds. The molecule has 0 spiro atoms. The molecule has 2 aromatic rings.